The Balaban J connectivity index is 2.61. The second kappa shape index (κ2) is 5.35. The molecule has 1 rings (SSSR count). The van der Waals surface area contributed by atoms with Gasteiger partial charge in [-0.1, -0.05) is 18.7 Å². The molecule has 0 aromatic rings. The van der Waals surface area contributed by atoms with E-state index in [0.29, 0.717) is 13.1 Å². The van der Waals surface area contributed by atoms with Crippen LogP contribution in [0, 0.1) is 5.41 Å². The second-order valence-electron chi connectivity index (χ2n) is 6.07. The molecule has 2 N–H and O–H groups in total. The Bertz CT molecular complexity index is 434. The van der Waals surface area contributed by atoms with Gasteiger partial charge in [-0.15, -0.1) is 0 Å². The lowest BCUT2D eigenvalue weighted by Crippen LogP contribution is -2.50. The molecule has 1 saturated heterocycles. The normalized spacial score (nSPS) is 21.3. The first kappa shape index (κ1) is 16.4. The first-order valence-electron chi connectivity index (χ1n) is 6.15. The third-order valence-electron chi connectivity index (χ3n) is 3.33. The quantitative estimate of drug-likeness (QED) is 0.729. The van der Waals surface area contributed by atoms with Gasteiger partial charge in [0.2, 0.25) is 0 Å². The van der Waals surface area contributed by atoms with Gasteiger partial charge in [0.05, 0.1) is 0 Å². The Kier molecular flexibility index (Phi) is 4.61. The lowest BCUT2D eigenvalue weighted by atomic mass is 9.83. The molecule has 19 heavy (non-hydrogen) atoms. The van der Waals surface area contributed by atoms with Crippen molar-refractivity contribution in [3.8, 4) is 0 Å². The summed E-state index contributed by atoms with van der Waals surface area (Å²) < 4.78 is 25.2. The van der Waals surface area contributed by atoms with Crippen molar-refractivity contribution in [3.05, 3.63) is 0 Å². The van der Waals surface area contributed by atoms with Crippen LogP contribution in [0.2, 0.25) is 0 Å². The van der Waals surface area contributed by atoms with Gasteiger partial charge in [-0.3, -0.25) is 4.84 Å². The van der Waals surface area contributed by atoms with E-state index >= 15 is 0 Å². The van der Waals surface area contributed by atoms with E-state index in [0.717, 1.165) is 12.8 Å². The number of carboxylic acids is 1. The molecule has 1 fully saturated rings. The summed E-state index contributed by atoms with van der Waals surface area (Å²) in [7, 11) is -3.80. The largest absolute Gasteiger partial charge is 0.479 e. The Morgan fingerprint density at radius 1 is 1.32 bits per heavy atom. The second-order valence-corrected chi connectivity index (χ2v) is 7.70. The number of carboxylic acid groups (broad SMARTS) is 1. The molecule has 0 saturated carbocycles. The summed E-state index contributed by atoms with van der Waals surface area (Å²) in [5.41, 5.74) is -1.48. The number of hydrogen-bond acceptors (Lipinski definition) is 4. The monoisotopic (exact) mass is 294 g/mol. The third-order valence-corrected chi connectivity index (χ3v) is 4.67. The molecule has 0 amide bonds. The molecule has 0 unspecified atom stereocenters. The van der Waals surface area contributed by atoms with Gasteiger partial charge < -0.3 is 5.11 Å². The van der Waals surface area contributed by atoms with Gasteiger partial charge in [-0.05, 0) is 32.1 Å². The van der Waals surface area contributed by atoms with Crippen molar-refractivity contribution >= 4 is 16.2 Å². The van der Waals surface area contributed by atoms with Crippen molar-refractivity contribution < 1.29 is 23.2 Å². The van der Waals surface area contributed by atoms with Crippen LogP contribution in [-0.4, -0.2) is 42.5 Å². The molecular formula is C11H22N2O5S. The van der Waals surface area contributed by atoms with Crippen LogP contribution < -0.4 is 4.89 Å². The van der Waals surface area contributed by atoms with E-state index in [9.17, 15) is 13.2 Å². The molecule has 0 atom stereocenters. The highest BCUT2D eigenvalue weighted by Crippen LogP contribution is 2.30. The number of hydrogen-bond donors (Lipinski definition) is 2. The number of aliphatic carboxylic acids is 1. The Morgan fingerprint density at radius 3 is 2.21 bits per heavy atom. The minimum Gasteiger partial charge on any atom is -0.479 e. The van der Waals surface area contributed by atoms with Gasteiger partial charge in [-0.25, -0.2) is 4.79 Å². The highest BCUT2D eigenvalue weighted by atomic mass is 32.2. The van der Waals surface area contributed by atoms with E-state index in [1.165, 1.54) is 18.2 Å². The van der Waals surface area contributed by atoms with Crippen LogP contribution in [0.4, 0.5) is 0 Å². The van der Waals surface area contributed by atoms with Crippen molar-refractivity contribution in [1.29, 1.82) is 0 Å². The van der Waals surface area contributed by atoms with E-state index in [4.69, 9.17) is 9.94 Å². The maximum absolute atomic E-state index is 12.0. The number of carbonyl (C=O) groups is 1. The summed E-state index contributed by atoms with van der Waals surface area (Å²) in [6, 6.07) is 0. The molecule has 1 heterocycles. The van der Waals surface area contributed by atoms with Crippen molar-refractivity contribution in [2.75, 3.05) is 13.1 Å². The van der Waals surface area contributed by atoms with E-state index in [1.54, 1.807) is 0 Å². The van der Waals surface area contributed by atoms with Crippen LogP contribution in [-0.2, 0) is 19.8 Å². The molecule has 0 radical (unpaired) electrons. The fraction of sp³-hybridized carbons (Fsp3) is 0.909. The van der Waals surface area contributed by atoms with Crippen molar-refractivity contribution in [2.24, 2.45) is 5.41 Å². The predicted molar refractivity (Wildman–Crippen MR) is 69.4 cm³/mol. The zero-order valence-corrected chi connectivity index (χ0v) is 12.6. The molecule has 1 aliphatic heterocycles. The minimum absolute atomic E-state index is 0.132. The first-order chi connectivity index (χ1) is 8.46. The molecule has 112 valence electrons. The fourth-order valence-electron chi connectivity index (χ4n) is 1.59. The Hall–Kier alpha value is -0.700. The highest BCUT2D eigenvalue weighted by Gasteiger charge is 2.35. The molecule has 0 bridgehead atoms. The SMILES string of the molecule is CC1(C)CCN(S(=O)(=O)NOC(C)(C)C(=O)O)CC1. The smallest absolute Gasteiger partial charge is 0.337 e. The molecule has 1 aliphatic rings. The summed E-state index contributed by atoms with van der Waals surface area (Å²) >= 11 is 0. The van der Waals surface area contributed by atoms with Crippen molar-refractivity contribution in [1.82, 2.24) is 9.19 Å². The van der Waals surface area contributed by atoms with Crippen LogP contribution >= 0.6 is 0 Å². The summed E-state index contributed by atoms with van der Waals surface area (Å²) in [5.74, 6) is -1.24. The molecule has 8 heteroatoms. The van der Waals surface area contributed by atoms with E-state index in [-0.39, 0.29) is 5.41 Å². The van der Waals surface area contributed by atoms with E-state index in [2.05, 4.69) is 13.8 Å². The Labute approximate surface area is 114 Å². The van der Waals surface area contributed by atoms with Crippen LogP contribution in [0.15, 0.2) is 0 Å². The molecule has 0 aromatic heterocycles. The lowest BCUT2D eigenvalue weighted by molar-refractivity contribution is -0.165. The van der Waals surface area contributed by atoms with Gasteiger partial charge >= 0.3 is 16.2 Å². The summed E-state index contributed by atoms with van der Waals surface area (Å²) in [6.07, 6.45) is 1.52. The molecule has 7 nitrogen and oxygen atoms in total. The minimum atomic E-state index is -3.80. The van der Waals surface area contributed by atoms with Gasteiger partial charge in [-0.2, -0.15) is 12.7 Å². The molecular weight excluding hydrogens is 272 g/mol. The maximum atomic E-state index is 12.0. The van der Waals surface area contributed by atoms with Crippen LogP contribution in [0.1, 0.15) is 40.5 Å². The van der Waals surface area contributed by atoms with Crippen LogP contribution in [0.25, 0.3) is 0 Å². The summed E-state index contributed by atoms with van der Waals surface area (Å²) in [5, 5.41) is 8.84. The zero-order valence-electron chi connectivity index (χ0n) is 11.8. The number of nitrogens with one attached hydrogen (secondary N) is 1. The van der Waals surface area contributed by atoms with Crippen molar-refractivity contribution in [3.63, 3.8) is 0 Å². The molecule has 0 aromatic carbocycles. The zero-order chi connectivity index (χ0) is 14.9. The first-order valence-corrected chi connectivity index (χ1v) is 7.59. The summed E-state index contributed by atoms with van der Waals surface area (Å²) in [6.45, 7) is 7.54. The standard InChI is InChI=1S/C11H22N2O5S/c1-10(2)5-7-13(8-6-10)19(16,17)12-18-11(3,4)9(14)15/h12H,5-8H2,1-4H3,(H,14,15). The predicted octanol–water partition coefficient (Wildman–Crippen LogP) is 0.738. The van der Waals surface area contributed by atoms with Gasteiger partial charge in [0.1, 0.15) is 0 Å². The van der Waals surface area contributed by atoms with Gasteiger partial charge in [0, 0.05) is 13.1 Å². The van der Waals surface area contributed by atoms with Crippen LogP contribution in [0.5, 0.6) is 0 Å². The summed E-state index contributed by atoms with van der Waals surface area (Å²) in [4.78, 5) is 17.5. The Morgan fingerprint density at radius 2 is 1.79 bits per heavy atom. The highest BCUT2D eigenvalue weighted by molar-refractivity contribution is 7.87. The maximum Gasteiger partial charge on any atom is 0.337 e. The average molecular weight is 294 g/mol. The van der Waals surface area contributed by atoms with Gasteiger partial charge in [0.25, 0.3) is 0 Å². The molecule has 0 aliphatic carbocycles. The average Bonchev–Trinajstić information content (AvgIpc) is 2.26. The third kappa shape index (κ3) is 4.41. The molecule has 0 spiro atoms. The number of nitrogens with zero attached hydrogens (tertiary/aromatic N) is 1. The van der Waals surface area contributed by atoms with Gasteiger partial charge in [0.15, 0.2) is 5.60 Å². The lowest BCUT2D eigenvalue weighted by Gasteiger charge is -2.36. The number of piperidine rings is 1. The van der Waals surface area contributed by atoms with Crippen LogP contribution in [0.3, 0.4) is 0 Å². The van der Waals surface area contributed by atoms with Crippen molar-refractivity contribution in [2.45, 2.75) is 46.1 Å². The van der Waals surface area contributed by atoms with E-state index in [1.807, 2.05) is 4.89 Å². The fourth-order valence-corrected chi connectivity index (χ4v) is 2.67. The topological polar surface area (TPSA) is 95.9 Å². The van der Waals surface area contributed by atoms with E-state index < -0.39 is 21.8 Å². The number of rotatable bonds is 5.